The normalized spacial score (nSPS) is 18.4. The van der Waals surface area contributed by atoms with Crippen molar-refractivity contribution in [1.82, 2.24) is 5.01 Å². The maximum Gasteiger partial charge on any atom is 0.214 e. The third kappa shape index (κ3) is 3.77. The van der Waals surface area contributed by atoms with E-state index in [1.165, 1.54) is 0 Å². The maximum atomic E-state index is 6.59. The fraction of sp³-hybridized carbons (Fsp3) is 0.296. The zero-order valence-corrected chi connectivity index (χ0v) is 19.8. The molecule has 2 heterocycles. The maximum absolute atomic E-state index is 6.59. The van der Waals surface area contributed by atoms with E-state index in [2.05, 4.69) is 12.1 Å². The summed E-state index contributed by atoms with van der Waals surface area (Å²) in [7, 11) is 4.93. The lowest BCUT2D eigenvalue weighted by atomic mass is 9.95. The lowest BCUT2D eigenvalue weighted by Gasteiger charge is -2.38. The van der Waals surface area contributed by atoms with Crippen molar-refractivity contribution in [2.24, 2.45) is 5.10 Å². The summed E-state index contributed by atoms with van der Waals surface area (Å²) in [6.45, 7) is 2.53. The van der Waals surface area contributed by atoms with Crippen LogP contribution in [0.25, 0.3) is 0 Å². The molecule has 0 spiro atoms. The van der Waals surface area contributed by atoms with Crippen molar-refractivity contribution < 1.29 is 23.7 Å². The second kappa shape index (κ2) is 9.17. The number of hydrogen-bond acceptors (Lipinski definition) is 7. The summed E-state index contributed by atoms with van der Waals surface area (Å²) < 4.78 is 28.9. The fourth-order valence-corrected chi connectivity index (χ4v) is 4.56. The van der Waals surface area contributed by atoms with Gasteiger partial charge in [-0.3, -0.25) is 0 Å². The van der Waals surface area contributed by atoms with Crippen LogP contribution in [0.1, 0.15) is 42.3 Å². The van der Waals surface area contributed by atoms with Crippen molar-refractivity contribution in [3.05, 3.63) is 77.4 Å². The van der Waals surface area contributed by atoms with Crippen LogP contribution >= 0.6 is 0 Å². The van der Waals surface area contributed by atoms with Crippen LogP contribution < -0.4 is 23.7 Å². The van der Waals surface area contributed by atoms with E-state index in [9.17, 15) is 0 Å². The first-order chi connectivity index (χ1) is 16.7. The van der Waals surface area contributed by atoms with Gasteiger partial charge in [0.1, 0.15) is 5.75 Å². The van der Waals surface area contributed by atoms with Gasteiger partial charge in [0.2, 0.25) is 6.23 Å². The summed E-state index contributed by atoms with van der Waals surface area (Å²) in [6.07, 6.45) is 0.283. The van der Waals surface area contributed by atoms with Crippen LogP contribution in [0, 0.1) is 0 Å². The number of rotatable bonds is 7. The van der Waals surface area contributed by atoms with E-state index in [1.807, 2.05) is 60.5 Å². The van der Waals surface area contributed by atoms with Gasteiger partial charge in [-0.05, 0) is 43.3 Å². The molecule has 0 aliphatic carbocycles. The van der Waals surface area contributed by atoms with Crippen molar-refractivity contribution in [3.8, 4) is 28.7 Å². The van der Waals surface area contributed by atoms with E-state index in [-0.39, 0.29) is 6.04 Å². The third-order valence-corrected chi connectivity index (χ3v) is 6.18. The minimum absolute atomic E-state index is 0.00320. The standard InChI is InChI=1S/C27H28N2O5/c1-5-33-24-11-7-10-20-22-16-21(17-8-6-9-19(14-17)30-2)28-29(22)27(34-26(20)24)18-12-13-23(31-3)25(15-18)32-4/h6-15,22,27H,5,16H2,1-4H3/t22-,27+/m0/s1. The molecule has 5 rings (SSSR count). The minimum atomic E-state index is -0.456. The van der Waals surface area contributed by atoms with E-state index in [4.69, 9.17) is 28.8 Å². The number of ether oxygens (including phenoxy) is 5. The van der Waals surface area contributed by atoms with Crippen molar-refractivity contribution in [2.45, 2.75) is 25.6 Å². The molecule has 2 aliphatic heterocycles. The second-order valence-electron chi connectivity index (χ2n) is 8.07. The first-order valence-electron chi connectivity index (χ1n) is 11.3. The quantitative estimate of drug-likeness (QED) is 0.474. The van der Waals surface area contributed by atoms with Crippen molar-refractivity contribution >= 4 is 5.71 Å². The number of methoxy groups -OCH3 is 3. The number of hydrogen-bond donors (Lipinski definition) is 0. The number of para-hydroxylation sites is 1. The summed E-state index contributed by atoms with van der Waals surface area (Å²) in [6, 6.07) is 19.8. The lowest BCUT2D eigenvalue weighted by molar-refractivity contribution is -0.0213. The van der Waals surface area contributed by atoms with Gasteiger partial charge in [-0.15, -0.1) is 0 Å². The summed E-state index contributed by atoms with van der Waals surface area (Å²) in [5.74, 6) is 3.60. The molecule has 34 heavy (non-hydrogen) atoms. The molecule has 176 valence electrons. The van der Waals surface area contributed by atoms with Gasteiger partial charge in [0, 0.05) is 23.1 Å². The molecule has 3 aromatic rings. The Morgan fingerprint density at radius 1 is 0.912 bits per heavy atom. The van der Waals surface area contributed by atoms with Crippen LogP contribution in [0.3, 0.4) is 0 Å². The average Bonchev–Trinajstić information content (AvgIpc) is 3.34. The Morgan fingerprint density at radius 3 is 2.50 bits per heavy atom. The van der Waals surface area contributed by atoms with Gasteiger partial charge < -0.3 is 23.7 Å². The molecule has 0 aromatic heterocycles. The Morgan fingerprint density at radius 2 is 1.74 bits per heavy atom. The highest BCUT2D eigenvalue weighted by molar-refractivity contribution is 6.02. The molecule has 0 N–H and O–H groups in total. The molecule has 0 fully saturated rings. The van der Waals surface area contributed by atoms with Gasteiger partial charge in [-0.25, -0.2) is 5.01 Å². The second-order valence-corrected chi connectivity index (χ2v) is 8.07. The number of fused-ring (bicyclic) bond motifs is 3. The molecule has 0 saturated carbocycles. The first kappa shape index (κ1) is 21.9. The first-order valence-corrected chi connectivity index (χ1v) is 11.3. The van der Waals surface area contributed by atoms with E-state index < -0.39 is 6.23 Å². The number of nitrogens with zero attached hydrogens (tertiary/aromatic N) is 2. The van der Waals surface area contributed by atoms with Crippen LogP contribution in [0.4, 0.5) is 0 Å². The van der Waals surface area contributed by atoms with Crippen molar-refractivity contribution in [1.29, 1.82) is 0 Å². The van der Waals surface area contributed by atoms with Gasteiger partial charge in [-0.2, -0.15) is 5.10 Å². The van der Waals surface area contributed by atoms with Crippen LogP contribution in [0.2, 0.25) is 0 Å². The van der Waals surface area contributed by atoms with E-state index >= 15 is 0 Å². The molecule has 0 saturated heterocycles. The highest BCUT2D eigenvalue weighted by Crippen LogP contribution is 2.51. The van der Waals surface area contributed by atoms with Gasteiger partial charge in [-0.1, -0.05) is 24.3 Å². The molecule has 0 radical (unpaired) electrons. The summed E-state index contributed by atoms with van der Waals surface area (Å²) in [5.41, 5.74) is 3.98. The molecule has 0 amide bonds. The van der Waals surface area contributed by atoms with E-state index in [0.717, 1.165) is 46.1 Å². The highest BCUT2D eigenvalue weighted by Gasteiger charge is 2.42. The van der Waals surface area contributed by atoms with Crippen LogP contribution in [0.5, 0.6) is 28.7 Å². The Kier molecular flexibility index (Phi) is 5.92. The minimum Gasteiger partial charge on any atom is -0.497 e. The average molecular weight is 461 g/mol. The summed E-state index contributed by atoms with van der Waals surface area (Å²) in [4.78, 5) is 0. The SMILES string of the molecule is CCOc1cccc2c1O[C@H](c1ccc(OC)c(OC)c1)N1N=C(c3cccc(OC)c3)C[C@@H]21. The predicted octanol–water partition coefficient (Wildman–Crippen LogP) is 5.35. The monoisotopic (exact) mass is 460 g/mol. The van der Waals surface area contributed by atoms with Crippen molar-refractivity contribution in [2.75, 3.05) is 27.9 Å². The van der Waals surface area contributed by atoms with E-state index in [1.54, 1.807) is 21.3 Å². The van der Waals surface area contributed by atoms with Gasteiger partial charge in [0.15, 0.2) is 23.0 Å². The molecule has 2 aliphatic rings. The molecule has 3 aromatic carbocycles. The molecule has 0 bridgehead atoms. The topological polar surface area (TPSA) is 61.8 Å². The Balaban J connectivity index is 1.61. The summed E-state index contributed by atoms with van der Waals surface area (Å²) >= 11 is 0. The van der Waals surface area contributed by atoms with E-state index in [0.29, 0.717) is 18.1 Å². The molecular weight excluding hydrogens is 432 g/mol. The molecule has 0 unspecified atom stereocenters. The predicted molar refractivity (Wildman–Crippen MR) is 129 cm³/mol. The van der Waals surface area contributed by atoms with Crippen molar-refractivity contribution in [3.63, 3.8) is 0 Å². The molecule has 7 nitrogen and oxygen atoms in total. The fourth-order valence-electron chi connectivity index (χ4n) is 4.56. The summed E-state index contributed by atoms with van der Waals surface area (Å²) in [5, 5.41) is 7.08. The molecule has 2 atom stereocenters. The molecular formula is C27H28N2O5. The van der Waals surface area contributed by atoms with Gasteiger partial charge in [0.25, 0.3) is 0 Å². The Hall–Kier alpha value is -3.87. The van der Waals surface area contributed by atoms with Gasteiger partial charge in [0.05, 0.1) is 39.7 Å². The van der Waals surface area contributed by atoms with Crippen LogP contribution in [-0.2, 0) is 0 Å². The van der Waals surface area contributed by atoms with Crippen LogP contribution in [0.15, 0.2) is 65.8 Å². The number of benzene rings is 3. The Bertz CT molecular complexity index is 1230. The zero-order chi connectivity index (χ0) is 23.7. The van der Waals surface area contributed by atoms with Gasteiger partial charge >= 0.3 is 0 Å². The lowest BCUT2D eigenvalue weighted by Crippen LogP contribution is -2.34. The van der Waals surface area contributed by atoms with Crippen LogP contribution in [-0.4, -0.2) is 38.7 Å². The smallest absolute Gasteiger partial charge is 0.214 e. The molecule has 7 heteroatoms. The third-order valence-electron chi connectivity index (χ3n) is 6.18. The number of hydrazone groups is 1. The zero-order valence-electron chi connectivity index (χ0n) is 19.8. The Labute approximate surface area is 199 Å². The highest BCUT2D eigenvalue weighted by atomic mass is 16.5. The largest absolute Gasteiger partial charge is 0.497 e.